The van der Waals surface area contributed by atoms with Gasteiger partial charge in [0.1, 0.15) is 0 Å². The molecule has 0 aliphatic heterocycles. The van der Waals surface area contributed by atoms with Crippen molar-refractivity contribution in [1.82, 2.24) is 10.6 Å². The lowest BCUT2D eigenvalue weighted by molar-refractivity contribution is -0.124. The third-order valence-electron chi connectivity index (χ3n) is 3.43. The molecule has 1 atom stereocenters. The van der Waals surface area contributed by atoms with E-state index in [1.807, 2.05) is 26.8 Å². The highest BCUT2D eigenvalue weighted by molar-refractivity contribution is 5.81. The van der Waals surface area contributed by atoms with E-state index in [2.05, 4.69) is 42.7 Å². The standard InChI is InChI=1S/C16H26N2O/c1-6-16(4,5)18-15(19)13(3)17-11-14-9-7-8-12(2)10-14/h7-10,13,17H,6,11H2,1-5H3,(H,18,19). The SMILES string of the molecule is CCC(C)(C)NC(=O)C(C)NCc1cccc(C)c1. The molecule has 1 unspecified atom stereocenters. The zero-order valence-electron chi connectivity index (χ0n) is 12.7. The molecule has 3 nitrogen and oxygen atoms in total. The average Bonchev–Trinajstić information content (AvgIpc) is 2.35. The molecule has 106 valence electrons. The summed E-state index contributed by atoms with van der Waals surface area (Å²) in [5.74, 6) is 0.0551. The molecule has 3 heteroatoms. The lowest BCUT2D eigenvalue weighted by atomic mass is 10.0. The quantitative estimate of drug-likeness (QED) is 0.827. The van der Waals surface area contributed by atoms with Crippen LogP contribution in [-0.2, 0) is 11.3 Å². The van der Waals surface area contributed by atoms with Gasteiger partial charge in [-0.25, -0.2) is 0 Å². The number of amides is 1. The van der Waals surface area contributed by atoms with Crippen LogP contribution in [0.25, 0.3) is 0 Å². The first-order chi connectivity index (χ1) is 8.84. The molecule has 0 radical (unpaired) electrons. The molecule has 1 amide bonds. The number of aryl methyl sites for hydroxylation is 1. The Kier molecular flexibility index (Phi) is 5.55. The van der Waals surface area contributed by atoms with Crippen LogP contribution in [0.15, 0.2) is 24.3 Å². The molecule has 1 rings (SSSR count). The summed E-state index contributed by atoms with van der Waals surface area (Å²) in [6, 6.07) is 8.13. The number of rotatable bonds is 6. The van der Waals surface area contributed by atoms with Gasteiger partial charge in [0.05, 0.1) is 6.04 Å². The maximum absolute atomic E-state index is 12.0. The van der Waals surface area contributed by atoms with Gasteiger partial charge in [0, 0.05) is 12.1 Å². The van der Waals surface area contributed by atoms with E-state index in [4.69, 9.17) is 0 Å². The van der Waals surface area contributed by atoms with Gasteiger partial charge in [-0.05, 0) is 39.7 Å². The Balaban J connectivity index is 2.47. The molecule has 19 heavy (non-hydrogen) atoms. The van der Waals surface area contributed by atoms with Crippen LogP contribution >= 0.6 is 0 Å². The van der Waals surface area contributed by atoms with Crippen molar-refractivity contribution in [3.8, 4) is 0 Å². The zero-order chi connectivity index (χ0) is 14.5. The second-order valence-corrected chi connectivity index (χ2v) is 5.82. The molecule has 1 aromatic rings. The topological polar surface area (TPSA) is 41.1 Å². The third-order valence-corrected chi connectivity index (χ3v) is 3.43. The first kappa shape index (κ1) is 15.7. The fourth-order valence-electron chi connectivity index (χ4n) is 1.72. The van der Waals surface area contributed by atoms with Crippen molar-refractivity contribution in [3.05, 3.63) is 35.4 Å². The fraction of sp³-hybridized carbons (Fsp3) is 0.562. The molecule has 0 aromatic heterocycles. The maximum atomic E-state index is 12.0. The number of hydrogen-bond donors (Lipinski definition) is 2. The Hall–Kier alpha value is -1.35. The monoisotopic (exact) mass is 262 g/mol. The molecule has 0 aliphatic rings. The van der Waals surface area contributed by atoms with Crippen LogP contribution < -0.4 is 10.6 Å². The van der Waals surface area contributed by atoms with E-state index >= 15 is 0 Å². The molecule has 0 spiro atoms. The first-order valence-corrected chi connectivity index (χ1v) is 6.95. The second kappa shape index (κ2) is 6.71. The van der Waals surface area contributed by atoms with E-state index in [0.29, 0.717) is 6.54 Å². The Morgan fingerprint density at radius 2 is 2.05 bits per heavy atom. The summed E-state index contributed by atoms with van der Waals surface area (Å²) < 4.78 is 0. The normalized spacial score (nSPS) is 13.1. The van der Waals surface area contributed by atoms with Crippen molar-refractivity contribution in [2.75, 3.05) is 0 Å². The Morgan fingerprint density at radius 3 is 2.63 bits per heavy atom. The highest BCUT2D eigenvalue weighted by atomic mass is 16.2. The number of benzene rings is 1. The summed E-state index contributed by atoms with van der Waals surface area (Å²) in [5, 5.41) is 6.31. The molecule has 0 saturated carbocycles. The number of hydrogen-bond acceptors (Lipinski definition) is 2. The van der Waals surface area contributed by atoms with E-state index < -0.39 is 0 Å². The van der Waals surface area contributed by atoms with Crippen LogP contribution in [-0.4, -0.2) is 17.5 Å². The lowest BCUT2D eigenvalue weighted by Crippen LogP contribution is -2.50. The van der Waals surface area contributed by atoms with Crippen LogP contribution in [0.5, 0.6) is 0 Å². The second-order valence-electron chi connectivity index (χ2n) is 5.82. The van der Waals surface area contributed by atoms with Crippen molar-refractivity contribution < 1.29 is 4.79 Å². The van der Waals surface area contributed by atoms with Gasteiger partial charge in [0.25, 0.3) is 0 Å². The van der Waals surface area contributed by atoms with Gasteiger partial charge in [-0.2, -0.15) is 0 Å². The molecule has 0 bridgehead atoms. The van der Waals surface area contributed by atoms with Gasteiger partial charge < -0.3 is 10.6 Å². The Bertz CT molecular complexity index is 427. The average molecular weight is 262 g/mol. The summed E-state index contributed by atoms with van der Waals surface area (Å²) in [5.41, 5.74) is 2.30. The Labute approximate surface area is 116 Å². The van der Waals surface area contributed by atoms with E-state index in [-0.39, 0.29) is 17.5 Å². The summed E-state index contributed by atoms with van der Waals surface area (Å²) in [6.07, 6.45) is 0.920. The van der Waals surface area contributed by atoms with Crippen LogP contribution in [0.3, 0.4) is 0 Å². The summed E-state index contributed by atoms with van der Waals surface area (Å²) in [7, 11) is 0. The van der Waals surface area contributed by atoms with E-state index in [0.717, 1.165) is 6.42 Å². The molecule has 0 heterocycles. The molecular weight excluding hydrogens is 236 g/mol. The van der Waals surface area contributed by atoms with Crippen molar-refractivity contribution in [2.24, 2.45) is 0 Å². The maximum Gasteiger partial charge on any atom is 0.237 e. The minimum Gasteiger partial charge on any atom is -0.350 e. The molecule has 0 fully saturated rings. The predicted octanol–water partition coefficient (Wildman–Crippen LogP) is 2.78. The smallest absolute Gasteiger partial charge is 0.237 e. The van der Waals surface area contributed by atoms with Crippen LogP contribution in [0.2, 0.25) is 0 Å². The fourth-order valence-corrected chi connectivity index (χ4v) is 1.72. The van der Waals surface area contributed by atoms with Crippen LogP contribution in [0.1, 0.15) is 45.2 Å². The minimum atomic E-state index is -0.189. The first-order valence-electron chi connectivity index (χ1n) is 6.95. The predicted molar refractivity (Wildman–Crippen MR) is 80.0 cm³/mol. The lowest BCUT2D eigenvalue weighted by Gasteiger charge is -2.26. The minimum absolute atomic E-state index is 0.0551. The van der Waals surface area contributed by atoms with Crippen molar-refractivity contribution in [1.29, 1.82) is 0 Å². The highest BCUT2D eigenvalue weighted by Crippen LogP contribution is 2.07. The zero-order valence-corrected chi connectivity index (χ0v) is 12.7. The number of nitrogens with one attached hydrogen (secondary N) is 2. The van der Waals surface area contributed by atoms with Gasteiger partial charge in [0.15, 0.2) is 0 Å². The van der Waals surface area contributed by atoms with Gasteiger partial charge in [-0.1, -0.05) is 36.8 Å². The Morgan fingerprint density at radius 1 is 1.37 bits per heavy atom. The number of carbonyl (C=O) groups is 1. The summed E-state index contributed by atoms with van der Waals surface area (Å²) in [4.78, 5) is 12.0. The number of carbonyl (C=O) groups excluding carboxylic acids is 1. The highest BCUT2D eigenvalue weighted by Gasteiger charge is 2.21. The van der Waals surface area contributed by atoms with E-state index in [1.165, 1.54) is 11.1 Å². The molecule has 0 aliphatic carbocycles. The van der Waals surface area contributed by atoms with Gasteiger partial charge in [-0.15, -0.1) is 0 Å². The van der Waals surface area contributed by atoms with Gasteiger partial charge in [0.2, 0.25) is 5.91 Å². The van der Waals surface area contributed by atoms with E-state index in [9.17, 15) is 4.79 Å². The van der Waals surface area contributed by atoms with Crippen molar-refractivity contribution in [2.45, 2.75) is 59.2 Å². The largest absolute Gasteiger partial charge is 0.350 e. The third kappa shape index (κ3) is 5.43. The molecule has 2 N–H and O–H groups in total. The molecular formula is C16H26N2O. The van der Waals surface area contributed by atoms with Crippen LogP contribution in [0, 0.1) is 6.92 Å². The van der Waals surface area contributed by atoms with Gasteiger partial charge >= 0.3 is 0 Å². The van der Waals surface area contributed by atoms with Crippen molar-refractivity contribution in [3.63, 3.8) is 0 Å². The van der Waals surface area contributed by atoms with Crippen LogP contribution in [0.4, 0.5) is 0 Å². The van der Waals surface area contributed by atoms with Crippen molar-refractivity contribution >= 4 is 5.91 Å². The summed E-state index contributed by atoms with van der Waals surface area (Å²) in [6.45, 7) is 10.8. The molecule has 1 aromatic carbocycles. The summed E-state index contributed by atoms with van der Waals surface area (Å²) >= 11 is 0. The van der Waals surface area contributed by atoms with E-state index in [1.54, 1.807) is 0 Å². The molecule has 0 saturated heterocycles. The van der Waals surface area contributed by atoms with Gasteiger partial charge in [-0.3, -0.25) is 4.79 Å².